The summed E-state index contributed by atoms with van der Waals surface area (Å²) >= 11 is 3.77. The highest BCUT2D eigenvalue weighted by atomic mass is 32.2. The van der Waals surface area contributed by atoms with Crippen molar-refractivity contribution in [2.75, 3.05) is 11.5 Å². The Morgan fingerprint density at radius 3 is 1.58 bits per heavy atom. The van der Waals surface area contributed by atoms with Gasteiger partial charge in [0.15, 0.2) is 0 Å². The normalized spacial score (nSPS) is 34.3. The van der Waals surface area contributed by atoms with Crippen LogP contribution in [0.4, 0.5) is 0 Å². The molecule has 2 aliphatic heterocycles. The highest BCUT2D eigenvalue weighted by Gasteiger charge is 2.39. The third-order valence-corrected chi connectivity index (χ3v) is 7.02. The Bertz CT molecular complexity index is 352. The molecule has 0 amide bonds. The van der Waals surface area contributed by atoms with E-state index in [1.54, 1.807) is 0 Å². The maximum Gasteiger partial charge on any atom is 0.138 e. The zero-order chi connectivity index (χ0) is 14.3. The Hall–Kier alpha value is 0.0400. The minimum Gasteiger partial charge on any atom is -0.299 e. The molecule has 0 aromatic heterocycles. The monoisotopic (exact) mass is 300 g/mol. The average Bonchev–Trinajstić information content (AvgIpc) is 2.23. The van der Waals surface area contributed by atoms with Gasteiger partial charge < -0.3 is 0 Å². The van der Waals surface area contributed by atoms with E-state index < -0.39 is 0 Å². The lowest BCUT2D eigenvalue weighted by Crippen LogP contribution is -2.39. The van der Waals surface area contributed by atoms with Crippen LogP contribution in [0.5, 0.6) is 0 Å². The van der Waals surface area contributed by atoms with Crippen LogP contribution in [0.3, 0.4) is 0 Å². The third kappa shape index (κ3) is 4.01. The number of Topliss-reactive ketones (excluding diaryl/α,β-unsaturated/α-hetero) is 2. The predicted octanol–water partition coefficient (Wildman–Crippen LogP) is 3.58. The third-order valence-electron chi connectivity index (χ3n) is 4.03. The zero-order valence-corrected chi connectivity index (χ0v) is 14.0. The van der Waals surface area contributed by atoms with Gasteiger partial charge in [0.05, 0.1) is 0 Å². The van der Waals surface area contributed by atoms with Crippen molar-refractivity contribution in [3.8, 4) is 0 Å². The number of carbonyl (C=O) groups is 2. The molecule has 0 aromatic rings. The Morgan fingerprint density at radius 2 is 1.26 bits per heavy atom. The molecule has 2 atom stereocenters. The van der Waals surface area contributed by atoms with Gasteiger partial charge in [0, 0.05) is 45.7 Å². The quantitative estimate of drug-likeness (QED) is 0.780. The molecule has 2 unspecified atom stereocenters. The van der Waals surface area contributed by atoms with E-state index >= 15 is 0 Å². The van der Waals surface area contributed by atoms with Crippen LogP contribution in [-0.4, -0.2) is 32.6 Å². The molecule has 2 aliphatic rings. The van der Waals surface area contributed by atoms with E-state index in [0.717, 1.165) is 17.9 Å². The summed E-state index contributed by atoms with van der Waals surface area (Å²) < 4.78 is 0.168. The Kier molecular flexibility index (Phi) is 4.41. The first-order valence-electron chi connectivity index (χ1n) is 7.02. The summed E-state index contributed by atoms with van der Waals surface area (Å²) in [5, 5.41) is 0. The van der Waals surface area contributed by atoms with Gasteiger partial charge in [-0.1, -0.05) is 27.7 Å². The molecule has 19 heavy (non-hydrogen) atoms. The molecule has 4 heteroatoms. The first-order valence-corrected chi connectivity index (χ1v) is 8.99. The molecule has 0 bridgehead atoms. The predicted molar refractivity (Wildman–Crippen MR) is 83.9 cm³/mol. The Morgan fingerprint density at radius 1 is 0.895 bits per heavy atom. The zero-order valence-electron chi connectivity index (χ0n) is 12.3. The van der Waals surface area contributed by atoms with Gasteiger partial charge in [-0.25, -0.2) is 0 Å². The molecule has 2 rings (SSSR count). The first kappa shape index (κ1) is 15.4. The molecule has 2 heterocycles. The van der Waals surface area contributed by atoms with Gasteiger partial charge in [-0.2, -0.15) is 23.5 Å². The van der Waals surface area contributed by atoms with Crippen LogP contribution in [0.25, 0.3) is 0 Å². The fourth-order valence-electron chi connectivity index (χ4n) is 2.81. The van der Waals surface area contributed by atoms with Crippen molar-refractivity contribution in [3.63, 3.8) is 0 Å². The van der Waals surface area contributed by atoms with Crippen molar-refractivity contribution in [2.45, 2.75) is 56.5 Å². The highest BCUT2D eigenvalue weighted by Crippen LogP contribution is 2.42. The van der Waals surface area contributed by atoms with Crippen molar-refractivity contribution < 1.29 is 9.59 Å². The van der Waals surface area contributed by atoms with E-state index in [2.05, 4.69) is 27.7 Å². The number of rotatable bonds is 2. The molecule has 2 saturated heterocycles. The molecule has 0 N–H and O–H groups in total. The minimum atomic E-state index is 0.0842. The lowest BCUT2D eigenvalue weighted by Gasteiger charge is -2.37. The maximum absolute atomic E-state index is 12.2. The van der Waals surface area contributed by atoms with E-state index in [4.69, 9.17) is 0 Å². The van der Waals surface area contributed by atoms with Crippen LogP contribution >= 0.6 is 23.5 Å². The van der Waals surface area contributed by atoms with Crippen LogP contribution in [0.1, 0.15) is 47.0 Å². The summed E-state index contributed by atoms with van der Waals surface area (Å²) in [5.41, 5.74) is 0. The van der Waals surface area contributed by atoms with Gasteiger partial charge in [0.1, 0.15) is 11.6 Å². The van der Waals surface area contributed by atoms with E-state index in [1.807, 2.05) is 23.5 Å². The number of carbonyl (C=O) groups excluding carboxylic acids is 2. The molecule has 108 valence electrons. The summed E-state index contributed by atoms with van der Waals surface area (Å²) in [6.45, 7) is 8.54. The van der Waals surface area contributed by atoms with Crippen molar-refractivity contribution in [1.29, 1.82) is 0 Å². The van der Waals surface area contributed by atoms with Gasteiger partial charge in [0.2, 0.25) is 0 Å². The average molecular weight is 300 g/mol. The Labute approximate surface area is 124 Å². The molecular weight excluding hydrogens is 276 g/mol. The van der Waals surface area contributed by atoms with Crippen molar-refractivity contribution in [2.24, 2.45) is 11.8 Å². The van der Waals surface area contributed by atoms with Crippen LogP contribution in [0, 0.1) is 11.8 Å². The SMILES string of the molecule is CC1(C)CC(=O)C(CC2CSC(C)(C)CC2=O)CS1. The largest absolute Gasteiger partial charge is 0.299 e. The van der Waals surface area contributed by atoms with Gasteiger partial charge in [-0.05, 0) is 6.42 Å². The fourth-order valence-corrected chi connectivity index (χ4v) is 5.25. The number of thioether (sulfide) groups is 2. The van der Waals surface area contributed by atoms with Crippen LogP contribution in [-0.2, 0) is 9.59 Å². The second-order valence-corrected chi connectivity index (χ2v) is 10.5. The molecular formula is C15H24O2S2. The minimum absolute atomic E-state index is 0.0842. The maximum atomic E-state index is 12.2. The molecule has 0 aliphatic carbocycles. The molecule has 2 nitrogen and oxygen atoms in total. The molecule has 0 radical (unpaired) electrons. The molecule has 2 fully saturated rings. The van der Waals surface area contributed by atoms with Gasteiger partial charge in [0.25, 0.3) is 0 Å². The standard InChI is InChI=1S/C15H24O2S2/c1-14(2)6-12(16)10(8-18-14)5-11-9-19-15(3,4)7-13(11)17/h10-11H,5-9H2,1-4H3. The lowest BCUT2D eigenvalue weighted by atomic mass is 9.85. The summed E-state index contributed by atoms with van der Waals surface area (Å²) in [7, 11) is 0. The molecule has 0 saturated carbocycles. The highest BCUT2D eigenvalue weighted by molar-refractivity contribution is 8.01. The first-order chi connectivity index (χ1) is 8.69. The van der Waals surface area contributed by atoms with Crippen LogP contribution < -0.4 is 0 Å². The summed E-state index contributed by atoms with van der Waals surface area (Å²) in [5.74, 6) is 2.73. The molecule has 0 spiro atoms. The molecule has 0 aromatic carbocycles. The number of hydrogen-bond acceptors (Lipinski definition) is 4. The van der Waals surface area contributed by atoms with Gasteiger partial charge >= 0.3 is 0 Å². The lowest BCUT2D eigenvalue weighted by molar-refractivity contribution is -0.126. The summed E-state index contributed by atoms with van der Waals surface area (Å²) in [4.78, 5) is 24.4. The van der Waals surface area contributed by atoms with Crippen LogP contribution in [0.15, 0.2) is 0 Å². The summed E-state index contributed by atoms with van der Waals surface area (Å²) in [6.07, 6.45) is 2.09. The van der Waals surface area contributed by atoms with Crippen molar-refractivity contribution >= 4 is 35.1 Å². The van der Waals surface area contributed by atoms with E-state index in [0.29, 0.717) is 24.4 Å². The second-order valence-electron chi connectivity index (χ2n) is 7.06. The van der Waals surface area contributed by atoms with Gasteiger partial charge in [-0.15, -0.1) is 0 Å². The second kappa shape index (κ2) is 5.44. The Balaban J connectivity index is 1.92. The van der Waals surface area contributed by atoms with E-state index in [-0.39, 0.29) is 21.3 Å². The van der Waals surface area contributed by atoms with Crippen molar-refractivity contribution in [3.05, 3.63) is 0 Å². The van der Waals surface area contributed by atoms with Crippen molar-refractivity contribution in [1.82, 2.24) is 0 Å². The number of hydrogen-bond donors (Lipinski definition) is 0. The fraction of sp³-hybridized carbons (Fsp3) is 0.867. The summed E-state index contributed by atoms with van der Waals surface area (Å²) in [6, 6.07) is 0. The van der Waals surface area contributed by atoms with Gasteiger partial charge in [-0.3, -0.25) is 9.59 Å². The smallest absolute Gasteiger partial charge is 0.138 e. The topological polar surface area (TPSA) is 34.1 Å². The van der Waals surface area contributed by atoms with E-state index in [9.17, 15) is 9.59 Å². The van der Waals surface area contributed by atoms with E-state index in [1.165, 1.54) is 0 Å². The van der Waals surface area contributed by atoms with Crippen LogP contribution in [0.2, 0.25) is 0 Å². The number of ketones is 2.